The molecule has 5 nitrogen and oxygen atoms in total. The van der Waals surface area contributed by atoms with Gasteiger partial charge in [0, 0.05) is 37.8 Å². The molecule has 2 aromatic rings. The Bertz CT molecular complexity index is 749. The average molecular weight is 358 g/mol. The minimum Gasteiger partial charge on any atom is -0.341 e. The molecule has 0 bridgehead atoms. The number of amides is 2. The molecule has 1 aromatic carbocycles. The number of aromatic nitrogens is 1. The highest BCUT2D eigenvalue weighted by molar-refractivity contribution is 6.30. The molecule has 0 spiro atoms. The number of hydrogen-bond donors (Lipinski definition) is 0. The summed E-state index contributed by atoms with van der Waals surface area (Å²) < 4.78 is 0. The number of halogens is 1. The van der Waals surface area contributed by atoms with Crippen LogP contribution in [0.2, 0.25) is 5.02 Å². The Morgan fingerprint density at radius 3 is 2.72 bits per heavy atom. The summed E-state index contributed by atoms with van der Waals surface area (Å²) in [4.78, 5) is 32.5. The van der Waals surface area contributed by atoms with Crippen LogP contribution in [0.3, 0.4) is 0 Å². The van der Waals surface area contributed by atoms with Gasteiger partial charge in [-0.2, -0.15) is 0 Å². The van der Waals surface area contributed by atoms with Gasteiger partial charge in [0.15, 0.2) is 0 Å². The molecule has 0 N–H and O–H groups in total. The Morgan fingerprint density at radius 1 is 1.28 bits per heavy atom. The molecule has 1 aliphatic rings. The second-order valence-corrected chi connectivity index (χ2v) is 6.75. The van der Waals surface area contributed by atoms with Gasteiger partial charge in [-0.3, -0.25) is 14.6 Å². The van der Waals surface area contributed by atoms with E-state index in [1.54, 1.807) is 23.0 Å². The topological polar surface area (TPSA) is 53.5 Å². The van der Waals surface area contributed by atoms with Crippen LogP contribution in [0.5, 0.6) is 0 Å². The van der Waals surface area contributed by atoms with E-state index < -0.39 is 0 Å². The zero-order valence-electron chi connectivity index (χ0n) is 14.1. The Morgan fingerprint density at radius 2 is 2.04 bits per heavy atom. The summed E-state index contributed by atoms with van der Waals surface area (Å²) in [7, 11) is 1.77. The zero-order chi connectivity index (χ0) is 17.8. The van der Waals surface area contributed by atoms with Crippen molar-refractivity contribution >= 4 is 23.4 Å². The molecule has 1 aliphatic heterocycles. The van der Waals surface area contributed by atoms with Crippen LogP contribution in [-0.4, -0.2) is 40.2 Å². The first-order valence-electron chi connectivity index (χ1n) is 8.20. The van der Waals surface area contributed by atoms with Crippen LogP contribution in [0.25, 0.3) is 0 Å². The van der Waals surface area contributed by atoms with E-state index in [-0.39, 0.29) is 24.2 Å². The van der Waals surface area contributed by atoms with Crippen molar-refractivity contribution in [1.82, 2.24) is 14.8 Å². The monoisotopic (exact) mass is 357 g/mol. The van der Waals surface area contributed by atoms with E-state index in [4.69, 9.17) is 11.6 Å². The smallest absolute Gasteiger partial charge is 0.228 e. The van der Waals surface area contributed by atoms with E-state index in [1.165, 1.54) is 0 Å². The standard InChI is InChI=1S/C19H20ClN3O2/c1-22(11-14-5-7-16(20)8-6-14)19(25)15-10-18(24)23(12-15)13-17-4-2-3-9-21-17/h2-9,15H,10-13H2,1H3/t15-/m1/s1. The van der Waals surface area contributed by atoms with Crippen molar-refractivity contribution in [1.29, 1.82) is 0 Å². The minimum absolute atomic E-state index is 0.00361. The van der Waals surface area contributed by atoms with E-state index >= 15 is 0 Å². The fourth-order valence-corrected chi connectivity index (χ4v) is 3.16. The van der Waals surface area contributed by atoms with Gasteiger partial charge in [0.1, 0.15) is 0 Å². The summed E-state index contributed by atoms with van der Waals surface area (Å²) >= 11 is 5.88. The third-order valence-electron chi connectivity index (χ3n) is 4.35. The van der Waals surface area contributed by atoms with Gasteiger partial charge >= 0.3 is 0 Å². The van der Waals surface area contributed by atoms with Crippen molar-refractivity contribution < 1.29 is 9.59 Å². The number of carbonyl (C=O) groups excluding carboxylic acids is 2. The first kappa shape index (κ1) is 17.4. The van der Waals surface area contributed by atoms with Gasteiger partial charge < -0.3 is 9.80 Å². The van der Waals surface area contributed by atoms with Gasteiger partial charge in [0.05, 0.1) is 18.2 Å². The van der Waals surface area contributed by atoms with Crippen LogP contribution >= 0.6 is 11.6 Å². The highest BCUT2D eigenvalue weighted by Crippen LogP contribution is 2.22. The SMILES string of the molecule is CN(Cc1ccc(Cl)cc1)C(=O)[C@@H]1CC(=O)N(Cc2ccccn2)C1. The molecule has 25 heavy (non-hydrogen) atoms. The normalized spacial score (nSPS) is 17.0. The summed E-state index contributed by atoms with van der Waals surface area (Å²) in [6, 6.07) is 13.0. The fraction of sp³-hybridized carbons (Fsp3) is 0.316. The predicted octanol–water partition coefficient (Wildman–Crippen LogP) is 2.74. The zero-order valence-corrected chi connectivity index (χ0v) is 14.8. The number of carbonyl (C=O) groups is 2. The van der Waals surface area contributed by atoms with Crippen molar-refractivity contribution in [3.63, 3.8) is 0 Å². The van der Waals surface area contributed by atoms with Crippen LogP contribution in [0.1, 0.15) is 17.7 Å². The molecule has 1 fully saturated rings. The van der Waals surface area contributed by atoms with E-state index in [2.05, 4.69) is 4.98 Å². The minimum atomic E-state index is -0.298. The van der Waals surface area contributed by atoms with Crippen LogP contribution in [0.15, 0.2) is 48.7 Å². The van der Waals surface area contributed by atoms with Crippen LogP contribution < -0.4 is 0 Å². The average Bonchev–Trinajstić information content (AvgIpc) is 2.98. The van der Waals surface area contributed by atoms with Crippen LogP contribution in [0.4, 0.5) is 0 Å². The van der Waals surface area contributed by atoms with Crippen molar-refractivity contribution in [2.75, 3.05) is 13.6 Å². The molecule has 1 atom stereocenters. The summed E-state index contributed by atoms with van der Waals surface area (Å²) in [6.45, 7) is 1.39. The lowest BCUT2D eigenvalue weighted by Gasteiger charge is -2.21. The number of nitrogens with zero attached hydrogens (tertiary/aromatic N) is 3. The molecule has 0 aliphatic carbocycles. The third-order valence-corrected chi connectivity index (χ3v) is 4.60. The van der Waals surface area contributed by atoms with E-state index in [1.807, 2.05) is 42.5 Å². The van der Waals surface area contributed by atoms with Gasteiger partial charge in [-0.1, -0.05) is 29.8 Å². The second kappa shape index (κ2) is 7.66. The third kappa shape index (κ3) is 4.37. The number of rotatable bonds is 5. The fourth-order valence-electron chi connectivity index (χ4n) is 3.03. The summed E-state index contributed by atoms with van der Waals surface area (Å²) in [5.41, 5.74) is 1.84. The molecular weight excluding hydrogens is 338 g/mol. The number of benzene rings is 1. The highest BCUT2D eigenvalue weighted by atomic mass is 35.5. The number of likely N-dealkylation sites (tertiary alicyclic amines) is 1. The summed E-state index contributed by atoms with van der Waals surface area (Å²) in [5.74, 6) is -0.302. The van der Waals surface area contributed by atoms with Crippen LogP contribution in [-0.2, 0) is 22.7 Å². The van der Waals surface area contributed by atoms with E-state index in [0.717, 1.165) is 11.3 Å². The second-order valence-electron chi connectivity index (χ2n) is 6.32. The van der Waals surface area contributed by atoms with Gasteiger partial charge in [0.25, 0.3) is 0 Å². The van der Waals surface area contributed by atoms with Gasteiger partial charge in [-0.25, -0.2) is 0 Å². The number of hydrogen-bond acceptors (Lipinski definition) is 3. The molecule has 1 saturated heterocycles. The van der Waals surface area contributed by atoms with E-state index in [0.29, 0.717) is 24.7 Å². The Balaban J connectivity index is 1.59. The maximum atomic E-state index is 12.7. The molecule has 3 rings (SSSR count). The highest BCUT2D eigenvalue weighted by Gasteiger charge is 2.35. The molecular formula is C19H20ClN3O2. The molecule has 0 saturated carbocycles. The first-order chi connectivity index (χ1) is 12.0. The Hall–Kier alpha value is -2.40. The van der Waals surface area contributed by atoms with Crippen LogP contribution in [0, 0.1) is 5.92 Å². The molecule has 6 heteroatoms. The summed E-state index contributed by atoms with van der Waals surface area (Å²) in [6.07, 6.45) is 1.97. The Labute approximate surface area is 152 Å². The number of pyridine rings is 1. The molecule has 2 heterocycles. The van der Waals surface area contributed by atoms with Crippen molar-refractivity contribution in [3.05, 3.63) is 64.9 Å². The lowest BCUT2D eigenvalue weighted by atomic mass is 10.1. The lowest BCUT2D eigenvalue weighted by Crippen LogP contribution is -2.34. The Kier molecular flexibility index (Phi) is 5.34. The maximum Gasteiger partial charge on any atom is 0.228 e. The van der Waals surface area contributed by atoms with Crippen molar-refractivity contribution in [2.45, 2.75) is 19.5 Å². The molecule has 2 amide bonds. The molecule has 0 radical (unpaired) electrons. The van der Waals surface area contributed by atoms with Crippen molar-refractivity contribution in [3.8, 4) is 0 Å². The summed E-state index contributed by atoms with van der Waals surface area (Å²) in [5, 5.41) is 0.671. The quantitative estimate of drug-likeness (QED) is 0.826. The van der Waals surface area contributed by atoms with Gasteiger partial charge in [-0.05, 0) is 29.8 Å². The maximum absolute atomic E-state index is 12.7. The van der Waals surface area contributed by atoms with E-state index in [9.17, 15) is 9.59 Å². The predicted molar refractivity (Wildman–Crippen MR) is 95.7 cm³/mol. The van der Waals surface area contributed by atoms with Gasteiger partial charge in [-0.15, -0.1) is 0 Å². The molecule has 130 valence electrons. The lowest BCUT2D eigenvalue weighted by molar-refractivity contribution is -0.135. The molecule has 1 aromatic heterocycles. The van der Waals surface area contributed by atoms with Crippen molar-refractivity contribution in [2.24, 2.45) is 5.92 Å². The first-order valence-corrected chi connectivity index (χ1v) is 8.58. The molecule has 0 unspecified atom stereocenters. The largest absolute Gasteiger partial charge is 0.341 e. The van der Waals surface area contributed by atoms with Gasteiger partial charge in [0.2, 0.25) is 11.8 Å².